The first-order chi connectivity index (χ1) is 7.27. The molecule has 86 valence electrons. The van der Waals surface area contributed by atoms with Crippen LogP contribution in [0.25, 0.3) is 0 Å². The minimum absolute atomic E-state index is 0.163. The van der Waals surface area contributed by atoms with Gasteiger partial charge in [-0.2, -0.15) is 0 Å². The molecule has 2 aliphatic rings. The van der Waals surface area contributed by atoms with E-state index in [0.29, 0.717) is 6.04 Å². The maximum absolute atomic E-state index is 12.1. The van der Waals surface area contributed by atoms with E-state index in [1.165, 1.54) is 0 Å². The van der Waals surface area contributed by atoms with Crippen LogP contribution in [0, 0.1) is 0 Å². The zero-order chi connectivity index (χ0) is 10.7. The number of piperazine rings is 1. The van der Waals surface area contributed by atoms with Crippen LogP contribution < -0.4 is 5.32 Å². The Hall–Kier alpha value is -0.610. The molecule has 2 atom stereocenters. The molecule has 0 aromatic rings. The molecular formula is C11H20N2O2. The minimum Gasteiger partial charge on any atom is -0.368 e. The van der Waals surface area contributed by atoms with Crippen LogP contribution >= 0.6 is 0 Å². The first-order valence-corrected chi connectivity index (χ1v) is 5.91. The Bertz CT molecular complexity index is 227. The largest absolute Gasteiger partial charge is 0.368 e. The zero-order valence-corrected chi connectivity index (χ0v) is 9.37. The van der Waals surface area contributed by atoms with Gasteiger partial charge in [0.15, 0.2) is 0 Å². The average Bonchev–Trinajstić information content (AvgIpc) is 2.29. The highest BCUT2D eigenvalue weighted by molar-refractivity contribution is 5.81. The number of carbonyl (C=O) groups excluding carboxylic acids is 1. The van der Waals surface area contributed by atoms with Gasteiger partial charge in [-0.15, -0.1) is 0 Å². The summed E-state index contributed by atoms with van der Waals surface area (Å²) >= 11 is 0. The van der Waals surface area contributed by atoms with Gasteiger partial charge in [-0.25, -0.2) is 0 Å². The monoisotopic (exact) mass is 212 g/mol. The summed E-state index contributed by atoms with van der Waals surface area (Å²) in [6.45, 7) is 5.40. The van der Waals surface area contributed by atoms with Crippen LogP contribution in [0.5, 0.6) is 0 Å². The van der Waals surface area contributed by atoms with E-state index in [0.717, 1.165) is 45.5 Å². The number of ether oxygens (including phenoxy) is 1. The van der Waals surface area contributed by atoms with E-state index in [-0.39, 0.29) is 12.0 Å². The third-order valence-electron chi connectivity index (χ3n) is 3.14. The lowest BCUT2D eigenvalue weighted by Crippen LogP contribution is -2.54. The van der Waals surface area contributed by atoms with E-state index >= 15 is 0 Å². The van der Waals surface area contributed by atoms with Gasteiger partial charge in [0.25, 0.3) is 5.91 Å². The smallest absolute Gasteiger partial charge is 0.251 e. The molecule has 2 unspecified atom stereocenters. The van der Waals surface area contributed by atoms with Gasteiger partial charge in [0.2, 0.25) is 0 Å². The first kappa shape index (κ1) is 10.9. The predicted molar refractivity (Wildman–Crippen MR) is 57.6 cm³/mol. The van der Waals surface area contributed by atoms with Crippen molar-refractivity contribution in [1.82, 2.24) is 10.2 Å². The quantitative estimate of drug-likeness (QED) is 0.683. The second-order valence-corrected chi connectivity index (χ2v) is 4.49. The molecule has 2 aliphatic heterocycles. The van der Waals surface area contributed by atoms with Crippen molar-refractivity contribution < 1.29 is 9.53 Å². The van der Waals surface area contributed by atoms with Crippen molar-refractivity contribution >= 4 is 5.91 Å². The molecule has 0 spiro atoms. The highest BCUT2D eigenvalue weighted by Crippen LogP contribution is 2.15. The predicted octanol–water partition coefficient (Wildman–Crippen LogP) is 0.376. The maximum Gasteiger partial charge on any atom is 0.251 e. The summed E-state index contributed by atoms with van der Waals surface area (Å²) in [6.07, 6.45) is 2.96. The molecule has 1 N–H and O–H groups in total. The highest BCUT2D eigenvalue weighted by atomic mass is 16.5. The minimum atomic E-state index is -0.163. The Morgan fingerprint density at radius 2 is 2.33 bits per heavy atom. The van der Waals surface area contributed by atoms with Gasteiger partial charge < -0.3 is 15.0 Å². The number of rotatable bonds is 1. The number of carbonyl (C=O) groups is 1. The van der Waals surface area contributed by atoms with Crippen molar-refractivity contribution in [3.8, 4) is 0 Å². The van der Waals surface area contributed by atoms with Crippen molar-refractivity contribution in [1.29, 1.82) is 0 Å². The second kappa shape index (κ2) is 4.94. The average molecular weight is 212 g/mol. The Kier molecular flexibility index (Phi) is 3.59. The molecule has 0 saturated carbocycles. The normalized spacial score (nSPS) is 32.7. The van der Waals surface area contributed by atoms with Gasteiger partial charge in [-0.05, 0) is 26.2 Å². The fourth-order valence-corrected chi connectivity index (χ4v) is 2.27. The summed E-state index contributed by atoms with van der Waals surface area (Å²) in [7, 11) is 0. The summed E-state index contributed by atoms with van der Waals surface area (Å²) in [5, 5.41) is 3.34. The Balaban J connectivity index is 1.88. The van der Waals surface area contributed by atoms with E-state index in [1.54, 1.807) is 0 Å². The van der Waals surface area contributed by atoms with Crippen molar-refractivity contribution in [2.45, 2.75) is 38.3 Å². The van der Waals surface area contributed by atoms with Crippen LogP contribution in [-0.2, 0) is 9.53 Å². The maximum atomic E-state index is 12.1. The summed E-state index contributed by atoms with van der Waals surface area (Å²) in [5.41, 5.74) is 0. The van der Waals surface area contributed by atoms with Crippen molar-refractivity contribution in [3.63, 3.8) is 0 Å². The number of amides is 1. The van der Waals surface area contributed by atoms with E-state index in [9.17, 15) is 4.79 Å². The Morgan fingerprint density at radius 3 is 3.00 bits per heavy atom. The summed E-state index contributed by atoms with van der Waals surface area (Å²) in [4.78, 5) is 14.0. The molecular weight excluding hydrogens is 192 g/mol. The summed E-state index contributed by atoms with van der Waals surface area (Å²) in [5.74, 6) is 0.197. The topological polar surface area (TPSA) is 41.6 Å². The molecule has 0 aliphatic carbocycles. The third kappa shape index (κ3) is 2.69. The number of nitrogens with zero attached hydrogens (tertiary/aromatic N) is 1. The SMILES string of the molecule is CC1CN(C(=O)C2CCCCO2)CCN1. The lowest BCUT2D eigenvalue weighted by Gasteiger charge is -2.35. The summed E-state index contributed by atoms with van der Waals surface area (Å²) in [6, 6.07) is 0.409. The molecule has 0 aromatic heterocycles. The number of hydrogen-bond donors (Lipinski definition) is 1. The van der Waals surface area contributed by atoms with Gasteiger partial charge >= 0.3 is 0 Å². The lowest BCUT2D eigenvalue weighted by molar-refractivity contribution is -0.147. The molecule has 1 amide bonds. The van der Waals surface area contributed by atoms with Crippen LogP contribution in [0.1, 0.15) is 26.2 Å². The van der Waals surface area contributed by atoms with Gasteiger partial charge in [-0.3, -0.25) is 4.79 Å². The van der Waals surface area contributed by atoms with E-state index in [1.807, 2.05) is 4.90 Å². The molecule has 0 bridgehead atoms. The van der Waals surface area contributed by atoms with Crippen molar-refractivity contribution in [3.05, 3.63) is 0 Å². The molecule has 15 heavy (non-hydrogen) atoms. The van der Waals surface area contributed by atoms with Gasteiger partial charge in [0.05, 0.1) is 0 Å². The van der Waals surface area contributed by atoms with E-state index in [4.69, 9.17) is 4.74 Å². The Labute approximate surface area is 91.0 Å². The van der Waals surface area contributed by atoms with Gasteiger partial charge in [0, 0.05) is 32.3 Å². The van der Waals surface area contributed by atoms with E-state index < -0.39 is 0 Å². The van der Waals surface area contributed by atoms with Crippen molar-refractivity contribution in [2.24, 2.45) is 0 Å². The Morgan fingerprint density at radius 1 is 1.47 bits per heavy atom. The molecule has 2 rings (SSSR count). The molecule has 0 aromatic carbocycles. The van der Waals surface area contributed by atoms with Crippen LogP contribution in [0.2, 0.25) is 0 Å². The van der Waals surface area contributed by atoms with E-state index in [2.05, 4.69) is 12.2 Å². The van der Waals surface area contributed by atoms with Crippen LogP contribution in [0.4, 0.5) is 0 Å². The standard InChI is InChI=1S/C11H20N2O2/c1-9-8-13(6-5-12-9)11(14)10-4-2-3-7-15-10/h9-10,12H,2-8H2,1H3. The zero-order valence-electron chi connectivity index (χ0n) is 9.37. The third-order valence-corrected chi connectivity index (χ3v) is 3.14. The fraction of sp³-hybridized carbons (Fsp3) is 0.909. The molecule has 2 heterocycles. The summed E-state index contributed by atoms with van der Waals surface area (Å²) < 4.78 is 5.52. The molecule has 2 saturated heterocycles. The van der Waals surface area contributed by atoms with Gasteiger partial charge in [0.1, 0.15) is 6.10 Å². The number of nitrogens with one attached hydrogen (secondary N) is 1. The molecule has 4 heteroatoms. The molecule has 2 fully saturated rings. The molecule has 4 nitrogen and oxygen atoms in total. The molecule has 0 radical (unpaired) electrons. The van der Waals surface area contributed by atoms with Crippen LogP contribution in [0.3, 0.4) is 0 Å². The van der Waals surface area contributed by atoms with Crippen LogP contribution in [-0.4, -0.2) is 49.2 Å². The second-order valence-electron chi connectivity index (χ2n) is 4.49. The fourth-order valence-electron chi connectivity index (χ4n) is 2.27. The lowest BCUT2D eigenvalue weighted by atomic mass is 10.1. The first-order valence-electron chi connectivity index (χ1n) is 5.91. The van der Waals surface area contributed by atoms with Gasteiger partial charge in [-0.1, -0.05) is 0 Å². The van der Waals surface area contributed by atoms with Crippen LogP contribution in [0.15, 0.2) is 0 Å². The highest BCUT2D eigenvalue weighted by Gasteiger charge is 2.28. The van der Waals surface area contributed by atoms with Crippen molar-refractivity contribution in [2.75, 3.05) is 26.2 Å². The number of hydrogen-bond acceptors (Lipinski definition) is 3.